The quantitative estimate of drug-likeness (QED) is 0.0578. The Kier molecular flexibility index (Phi) is 39.8. The number of aryl methyl sites for hydroxylation is 5. The minimum atomic E-state index is -4.64. The zero-order valence-corrected chi connectivity index (χ0v) is 81.0. The Hall–Kier alpha value is -10.4. The van der Waals surface area contributed by atoms with Crippen LogP contribution in [-0.2, 0) is 238 Å². The van der Waals surface area contributed by atoms with Crippen molar-refractivity contribution in [3.05, 3.63) is 280 Å². The molecule has 16 rings (SSSR count). The van der Waals surface area contributed by atoms with Gasteiger partial charge in [-0.05, 0) is 163 Å². The zero-order chi connectivity index (χ0) is 84.8. The molecule has 633 valence electrons. The van der Waals surface area contributed by atoms with E-state index in [9.17, 15) is 45.9 Å². The van der Waals surface area contributed by atoms with Gasteiger partial charge in [-0.25, -0.2) is 88.6 Å². The second-order valence-corrected chi connectivity index (χ2v) is 24.6. The molecular formula is C73H64F5N30O12Y5-5. The van der Waals surface area contributed by atoms with Crippen molar-refractivity contribution in [2.75, 3.05) is 13.7 Å². The molecule has 1 aliphatic carbocycles. The molecule has 15 aromatic rings. The Morgan fingerprint density at radius 1 is 0.376 bits per heavy atom. The molecule has 0 bridgehead atoms. The van der Waals surface area contributed by atoms with Gasteiger partial charge in [0.05, 0.1) is 121 Å². The minimum absolute atomic E-state index is 0. The number of hydrogen-bond acceptors (Lipinski definition) is 32. The van der Waals surface area contributed by atoms with Gasteiger partial charge in [-0.15, -0.1) is 0 Å². The molecule has 0 atom stereocenters. The van der Waals surface area contributed by atoms with Gasteiger partial charge < -0.3 is 33.2 Å². The fraction of sp³-hybridized carbons (Fsp3) is 0.247. The van der Waals surface area contributed by atoms with Crippen LogP contribution in [0.1, 0.15) is 76.6 Å². The maximum Gasteiger partial charge on any atom is 0.416 e. The van der Waals surface area contributed by atoms with Crippen molar-refractivity contribution in [2.45, 2.75) is 71.3 Å². The van der Waals surface area contributed by atoms with Crippen molar-refractivity contribution >= 4 is 0 Å². The van der Waals surface area contributed by atoms with Crippen molar-refractivity contribution in [2.24, 2.45) is 35.2 Å². The first-order valence-corrected chi connectivity index (χ1v) is 35.3. The number of alkyl halides is 5. The third-order valence-corrected chi connectivity index (χ3v) is 16.9. The normalized spacial score (nSPS) is 11.0. The summed E-state index contributed by atoms with van der Waals surface area (Å²) in [5, 5.41) is 74.5. The largest absolute Gasteiger partial charge is 0.556 e. The molecule has 0 unspecified atom stereocenters. The van der Waals surface area contributed by atoms with Gasteiger partial charge in [0.1, 0.15) is 11.5 Å². The molecule has 125 heavy (non-hydrogen) atoms. The summed E-state index contributed by atoms with van der Waals surface area (Å²) in [5.74, 6) is 2.81. The first kappa shape index (κ1) is 102. The van der Waals surface area contributed by atoms with Crippen LogP contribution in [0, 0.1) is 30.3 Å². The summed E-state index contributed by atoms with van der Waals surface area (Å²) < 4.78 is 116. The molecule has 5 aromatic carbocycles. The van der Waals surface area contributed by atoms with Crippen molar-refractivity contribution in [3.8, 4) is 69.3 Å². The van der Waals surface area contributed by atoms with Crippen LogP contribution in [-0.4, -0.2) is 164 Å². The van der Waals surface area contributed by atoms with E-state index in [1.54, 1.807) is 61.6 Å². The Morgan fingerprint density at radius 2 is 0.664 bits per heavy atom. The van der Waals surface area contributed by atoms with E-state index < -0.39 is 36.2 Å². The number of ether oxygens (including phenoxy) is 7. The van der Waals surface area contributed by atoms with Crippen molar-refractivity contribution in [1.82, 2.24) is 150 Å². The number of rotatable bonds is 25. The third kappa shape index (κ3) is 26.4. The molecule has 52 heteroatoms. The fourth-order valence-electron chi connectivity index (χ4n) is 11.0. The molecule has 5 radical (unpaired) electrons. The number of aromatic nitrogens is 30. The summed E-state index contributed by atoms with van der Waals surface area (Å²) in [5.41, 5.74) is 1.58. The van der Waals surface area contributed by atoms with Crippen LogP contribution in [0.2, 0.25) is 0 Å². The van der Waals surface area contributed by atoms with Gasteiger partial charge in [0.2, 0.25) is 0 Å². The summed E-state index contributed by atoms with van der Waals surface area (Å²) >= 11 is 0. The Labute approximate surface area is 828 Å². The molecule has 1 aliphatic rings. The molecular weight excluding hydrogens is 2030 g/mol. The van der Waals surface area contributed by atoms with E-state index in [2.05, 4.69) is 140 Å². The van der Waals surface area contributed by atoms with E-state index >= 15 is 0 Å². The smallest absolute Gasteiger partial charge is 0.416 e. The number of nitrogens with zero attached hydrogens (tertiary/aromatic N) is 30. The molecule has 0 aliphatic heterocycles. The number of halogens is 5. The predicted molar refractivity (Wildman–Crippen MR) is 399 cm³/mol. The number of methoxy groups -OCH3 is 1. The minimum Gasteiger partial charge on any atom is -0.556 e. The van der Waals surface area contributed by atoms with Crippen LogP contribution in [0.3, 0.4) is 0 Å². The van der Waals surface area contributed by atoms with E-state index in [4.69, 9.17) is 33.2 Å². The topological polar surface area (TPSA) is 457 Å². The van der Waals surface area contributed by atoms with Gasteiger partial charge in [0.25, 0.3) is 6.43 Å². The molecule has 42 nitrogen and oxygen atoms in total. The second kappa shape index (κ2) is 48.9. The SMILES string of the molecule is CCOc1cccc(-n2nnn(C)c2=O)c1COc1c[c-]cnn1.COc1cccc(-n2nnn(C)c2=O)c1COc1c[c-]cnn1.Cn1nnn(-c2cccc(C(F)(F)F)c2COc2c[c-]cnn2)c1=O.Cn1nnn(-c2cccc(C(F)F)c2COc2c[c-]cnn2)c1=O.Cn1nnn(-c2cccc(C3CC3)c2COc2c[c-]cnn2)c1=O.[Y].[Y].[Y].[Y].[Y]. The van der Waals surface area contributed by atoms with Gasteiger partial charge >= 0.3 is 34.6 Å². The van der Waals surface area contributed by atoms with E-state index in [1.807, 2.05) is 19.1 Å². The monoisotopic (exact) mass is 2090 g/mol. The second-order valence-electron chi connectivity index (χ2n) is 24.6. The number of hydrogen-bond donors (Lipinski definition) is 0. The van der Waals surface area contributed by atoms with Crippen LogP contribution in [0.25, 0.3) is 28.4 Å². The average Bonchev–Trinajstić information content (AvgIpc) is 1.48. The number of tetrazole rings is 5. The molecule has 0 amide bonds. The van der Waals surface area contributed by atoms with Gasteiger partial charge in [0.15, 0.2) is 0 Å². The molecule has 10 aromatic heterocycles. The standard InChI is InChI=1S/C16H15N6O2.C15H15N6O3.C14H10F3N6O2.C14H11F2N6O2.C14H13N6O3.5Y/c1-21-16(23)22(20-19-21)14-5-2-4-12(11-7-8-11)13(14)10-24-15-6-3-9-17-18-15;1-3-23-13-7-4-6-12(21-15(22)20(2)18-19-21)11(13)10-24-14-8-5-9-16-17-14;1-22-13(24)23(21-20-22)11-5-2-4-10(14(15,16)17)9(11)8-25-12-6-3-7-18-19-12;1-21-14(23)22(20-19-21)11-5-2-4-9(13(15)16)10(11)8-24-12-6-3-7-17-18-12;1-19-14(21)20(18-17-19)11-5-3-6-12(22-2)10(11)9-23-13-7-4-8-15-16-13;;;;;/h2,4-6,9,11H,7-8,10H2,1H3;4,6-9H,3,10H2,1-2H3;2,4-7H,8H2,1H3;2,4-7,13H,8H2,1H3;3,5-8H,9H2,1-2H3;;;;;/q5*-1;;;;;. The molecule has 10 heterocycles. The van der Waals surface area contributed by atoms with Gasteiger partial charge in [0, 0.05) is 221 Å². The summed E-state index contributed by atoms with van der Waals surface area (Å²) in [7, 11) is 8.92. The Morgan fingerprint density at radius 3 is 0.968 bits per heavy atom. The van der Waals surface area contributed by atoms with Crippen LogP contribution >= 0.6 is 0 Å². The molecule has 0 spiro atoms. The van der Waals surface area contributed by atoms with Crippen LogP contribution < -0.4 is 61.6 Å². The van der Waals surface area contributed by atoms with Crippen LogP contribution in [0.15, 0.2) is 176 Å². The third-order valence-electron chi connectivity index (χ3n) is 16.9. The molecule has 0 saturated heterocycles. The Balaban J connectivity index is 0.000000212. The van der Waals surface area contributed by atoms with Crippen molar-refractivity contribution in [1.29, 1.82) is 0 Å². The summed E-state index contributed by atoms with van der Waals surface area (Å²) in [6, 6.07) is 45.2. The summed E-state index contributed by atoms with van der Waals surface area (Å²) in [6.07, 6.45) is 1.85. The number of benzene rings is 5. The van der Waals surface area contributed by atoms with E-state index in [0.717, 1.165) is 52.6 Å². The predicted octanol–water partition coefficient (Wildman–Crippen LogP) is 3.90. The van der Waals surface area contributed by atoms with Gasteiger partial charge in [-0.3, -0.25) is 0 Å². The van der Waals surface area contributed by atoms with E-state index in [-0.39, 0.29) is 247 Å². The van der Waals surface area contributed by atoms with Gasteiger partial charge in [-0.1, -0.05) is 42.5 Å². The van der Waals surface area contributed by atoms with Crippen molar-refractivity contribution < 1.29 is 219 Å². The summed E-state index contributed by atoms with van der Waals surface area (Å²) in [6.45, 7) is 2.13. The maximum atomic E-state index is 13.4. The van der Waals surface area contributed by atoms with Crippen LogP contribution in [0.5, 0.6) is 40.9 Å². The zero-order valence-electron chi connectivity index (χ0n) is 66.8. The van der Waals surface area contributed by atoms with E-state index in [1.165, 1.54) is 133 Å². The first-order valence-electron chi connectivity index (χ1n) is 35.3. The summed E-state index contributed by atoms with van der Waals surface area (Å²) in [4.78, 5) is 60.5. The Bertz CT molecular complexity index is 6110. The van der Waals surface area contributed by atoms with E-state index in [0.29, 0.717) is 69.9 Å². The molecule has 1 fully saturated rings. The fourth-order valence-corrected chi connectivity index (χ4v) is 11.0. The maximum absolute atomic E-state index is 13.4. The first-order chi connectivity index (χ1) is 58.1. The average molecular weight is 2090 g/mol. The van der Waals surface area contributed by atoms with Crippen LogP contribution in [0.4, 0.5) is 22.0 Å². The van der Waals surface area contributed by atoms with Crippen molar-refractivity contribution in [3.63, 3.8) is 0 Å². The molecule has 0 N–H and O–H groups in total. The van der Waals surface area contributed by atoms with Gasteiger partial charge in [-0.2, -0.15) is 116 Å². The molecule has 1 saturated carbocycles.